The number of benzene rings is 1. The van der Waals surface area contributed by atoms with Crippen LogP contribution in [-0.4, -0.2) is 27.8 Å². The van der Waals surface area contributed by atoms with Crippen molar-refractivity contribution in [3.8, 4) is 0 Å². The lowest BCUT2D eigenvalue weighted by molar-refractivity contribution is -0.139. The summed E-state index contributed by atoms with van der Waals surface area (Å²) >= 11 is 0. The molecule has 6 nitrogen and oxygen atoms in total. The summed E-state index contributed by atoms with van der Waals surface area (Å²) < 4.78 is 5.54. The van der Waals surface area contributed by atoms with Crippen LogP contribution >= 0.6 is 0 Å². The number of hydrogen-bond acceptors (Lipinski definition) is 5. The molecule has 1 N–H and O–H groups in total. The summed E-state index contributed by atoms with van der Waals surface area (Å²) in [6, 6.07) is 7.62. The molecule has 0 saturated carbocycles. The number of anilines is 1. The van der Waals surface area contributed by atoms with Crippen LogP contribution in [0.1, 0.15) is 36.6 Å². The second-order valence-corrected chi connectivity index (χ2v) is 5.10. The second-order valence-electron chi connectivity index (χ2n) is 5.10. The summed E-state index contributed by atoms with van der Waals surface area (Å²) in [5, 5.41) is 17.3. The highest BCUT2D eigenvalue weighted by atomic mass is 16.4. The molecule has 0 amide bonds. The topological polar surface area (TPSA) is 79.5 Å². The summed E-state index contributed by atoms with van der Waals surface area (Å²) in [4.78, 5) is 13.5. The minimum atomic E-state index is -0.770. The predicted octanol–water partition coefficient (Wildman–Crippen LogP) is 2.21. The molecule has 0 fully saturated rings. The molecule has 110 valence electrons. The van der Waals surface area contributed by atoms with Gasteiger partial charge < -0.3 is 14.4 Å². The first kappa shape index (κ1) is 13.6. The normalized spacial score (nSPS) is 17.6. The molecule has 0 bridgehead atoms. The van der Waals surface area contributed by atoms with Crippen LogP contribution in [0.3, 0.4) is 0 Å². The second kappa shape index (κ2) is 5.55. The molecule has 6 heteroatoms. The van der Waals surface area contributed by atoms with Gasteiger partial charge in [-0.1, -0.05) is 25.1 Å². The van der Waals surface area contributed by atoms with Gasteiger partial charge in [0, 0.05) is 18.7 Å². The minimum absolute atomic E-state index is 0.439. The fourth-order valence-electron chi connectivity index (χ4n) is 2.71. The lowest BCUT2D eigenvalue weighted by Gasteiger charge is -2.33. The Morgan fingerprint density at radius 3 is 2.86 bits per heavy atom. The van der Waals surface area contributed by atoms with E-state index >= 15 is 0 Å². The van der Waals surface area contributed by atoms with E-state index in [0.29, 0.717) is 37.7 Å². The van der Waals surface area contributed by atoms with Crippen molar-refractivity contribution in [2.24, 2.45) is 0 Å². The molecule has 1 aliphatic heterocycles. The van der Waals surface area contributed by atoms with Crippen LogP contribution in [0.25, 0.3) is 0 Å². The van der Waals surface area contributed by atoms with Gasteiger partial charge in [0.2, 0.25) is 11.8 Å². The number of carboxylic acids is 1. The van der Waals surface area contributed by atoms with Crippen LogP contribution < -0.4 is 4.90 Å². The molecule has 1 aliphatic rings. The third-order valence-corrected chi connectivity index (χ3v) is 3.78. The zero-order chi connectivity index (χ0) is 14.8. The molecule has 1 aromatic carbocycles. The smallest absolute Gasteiger partial charge is 0.311 e. The number of aliphatic carboxylic acids is 1. The molecule has 1 unspecified atom stereocenters. The number of rotatable bonds is 4. The number of hydrogen-bond donors (Lipinski definition) is 1. The highest BCUT2D eigenvalue weighted by Gasteiger charge is 2.30. The van der Waals surface area contributed by atoms with E-state index in [2.05, 4.69) is 15.1 Å². The molecule has 0 radical (unpaired) electrons. The van der Waals surface area contributed by atoms with Crippen LogP contribution in [0.4, 0.5) is 5.69 Å². The van der Waals surface area contributed by atoms with Gasteiger partial charge in [-0.25, -0.2) is 0 Å². The SMILES string of the molecule is CCc1nnc(CN2CCC(C(=O)O)c3ccccc32)o1. The van der Waals surface area contributed by atoms with Gasteiger partial charge in [-0.05, 0) is 18.1 Å². The van der Waals surface area contributed by atoms with Crippen molar-refractivity contribution in [2.75, 3.05) is 11.4 Å². The van der Waals surface area contributed by atoms with E-state index in [1.807, 2.05) is 31.2 Å². The maximum Gasteiger partial charge on any atom is 0.311 e. The van der Waals surface area contributed by atoms with Crippen LogP contribution in [0, 0.1) is 0 Å². The first-order valence-electron chi connectivity index (χ1n) is 7.07. The van der Waals surface area contributed by atoms with Gasteiger partial charge in [0.25, 0.3) is 0 Å². The Bertz CT molecular complexity index is 653. The van der Waals surface area contributed by atoms with E-state index in [0.717, 1.165) is 11.3 Å². The molecule has 3 rings (SSSR count). The van der Waals surface area contributed by atoms with Gasteiger partial charge in [0.05, 0.1) is 12.5 Å². The predicted molar refractivity (Wildman–Crippen MR) is 76.2 cm³/mol. The van der Waals surface area contributed by atoms with E-state index in [-0.39, 0.29) is 0 Å². The van der Waals surface area contributed by atoms with Crippen LogP contribution in [0.15, 0.2) is 28.7 Å². The van der Waals surface area contributed by atoms with Crippen molar-refractivity contribution in [2.45, 2.75) is 32.2 Å². The Morgan fingerprint density at radius 1 is 1.38 bits per heavy atom. The molecule has 1 aromatic heterocycles. The summed E-state index contributed by atoms with van der Waals surface area (Å²) in [6.07, 6.45) is 1.30. The van der Waals surface area contributed by atoms with Crippen molar-refractivity contribution < 1.29 is 14.3 Å². The van der Waals surface area contributed by atoms with Gasteiger partial charge in [-0.3, -0.25) is 4.79 Å². The van der Waals surface area contributed by atoms with Gasteiger partial charge >= 0.3 is 5.97 Å². The number of para-hydroxylation sites is 1. The number of aromatic nitrogens is 2. The standard InChI is InChI=1S/C15H17N3O3/c1-2-13-16-17-14(21-13)9-18-8-7-11(15(19)20)10-5-3-4-6-12(10)18/h3-6,11H,2,7-9H2,1H3,(H,19,20). The molecule has 0 spiro atoms. The highest BCUT2D eigenvalue weighted by molar-refractivity contribution is 5.80. The Morgan fingerprint density at radius 2 is 2.14 bits per heavy atom. The molecule has 0 aliphatic carbocycles. The van der Waals surface area contributed by atoms with Crippen molar-refractivity contribution in [1.29, 1.82) is 0 Å². The average molecular weight is 287 g/mol. The van der Waals surface area contributed by atoms with E-state index < -0.39 is 11.9 Å². The summed E-state index contributed by atoms with van der Waals surface area (Å²) in [5.74, 6) is -0.0198. The molecular formula is C15H17N3O3. The summed E-state index contributed by atoms with van der Waals surface area (Å²) in [6.45, 7) is 3.14. The fourth-order valence-corrected chi connectivity index (χ4v) is 2.71. The van der Waals surface area contributed by atoms with E-state index in [9.17, 15) is 9.90 Å². The van der Waals surface area contributed by atoms with Crippen LogP contribution in [0.2, 0.25) is 0 Å². The maximum atomic E-state index is 11.4. The van der Waals surface area contributed by atoms with E-state index in [4.69, 9.17) is 4.42 Å². The zero-order valence-electron chi connectivity index (χ0n) is 11.8. The van der Waals surface area contributed by atoms with Gasteiger partial charge in [-0.2, -0.15) is 0 Å². The Hall–Kier alpha value is -2.37. The zero-order valence-corrected chi connectivity index (χ0v) is 11.8. The average Bonchev–Trinajstić information content (AvgIpc) is 2.95. The quantitative estimate of drug-likeness (QED) is 0.928. The number of nitrogens with zero attached hydrogens (tertiary/aromatic N) is 3. The van der Waals surface area contributed by atoms with Gasteiger partial charge in [0.15, 0.2) is 0 Å². The summed E-state index contributed by atoms with van der Waals surface area (Å²) in [7, 11) is 0. The van der Waals surface area contributed by atoms with Crippen molar-refractivity contribution in [3.63, 3.8) is 0 Å². The lowest BCUT2D eigenvalue weighted by Crippen LogP contribution is -2.33. The van der Waals surface area contributed by atoms with Crippen molar-refractivity contribution >= 4 is 11.7 Å². The largest absolute Gasteiger partial charge is 0.481 e. The van der Waals surface area contributed by atoms with Crippen molar-refractivity contribution in [1.82, 2.24) is 10.2 Å². The number of carbonyl (C=O) groups is 1. The Balaban J connectivity index is 1.87. The molecule has 2 heterocycles. The summed E-state index contributed by atoms with van der Waals surface area (Å²) in [5.41, 5.74) is 1.79. The number of fused-ring (bicyclic) bond motifs is 1. The maximum absolute atomic E-state index is 11.4. The van der Waals surface area contributed by atoms with Crippen LogP contribution in [-0.2, 0) is 17.8 Å². The highest BCUT2D eigenvalue weighted by Crippen LogP contribution is 2.35. The molecular weight excluding hydrogens is 270 g/mol. The number of aryl methyl sites for hydroxylation is 1. The number of carboxylic acid groups (broad SMARTS) is 1. The van der Waals surface area contributed by atoms with E-state index in [1.165, 1.54) is 0 Å². The monoisotopic (exact) mass is 287 g/mol. The first-order chi connectivity index (χ1) is 10.2. The fraction of sp³-hybridized carbons (Fsp3) is 0.400. The first-order valence-corrected chi connectivity index (χ1v) is 7.07. The third kappa shape index (κ3) is 2.61. The Labute approximate surface area is 122 Å². The van der Waals surface area contributed by atoms with Crippen molar-refractivity contribution in [3.05, 3.63) is 41.6 Å². The lowest BCUT2D eigenvalue weighted by atomic mass is 9.90. The third-order valence-electron chi connectivity index (χ3n) is 3.78. The molecule has 1 atom stereocenters. The molecule has 2 aromatic rings. The van der Waals surface area contributed by atoms with Crippen LogP contribution in [0.5, 0.6) is 0 Å². The minimum Gasteiger partial charge on any atom is -0.481 e. The molecule has 0 saturated heterocycles. The van der Waals surface area contributed by atoms with E-state index in [1.54, 1.807) is 0 Å². The van der Waals surface area contributed by atoms with Gasteiger partial charge in [-0.15, -0.1) is 10.2 Å². The molecule has 21 heavy (non-hydrogen) atoms. The Kier molecular flexibility index (Phi) is 3.60. The van der Waals surface area contributed by atoms with Gasteiger partial charge in [0.1, 0.15) is 0 Å².